The first-order chi connectivity index (χ1) is 16.1. The minimum atomic E-state index is -0.176. The Balaban J connectivity index is 1.46. The summed E-state index contributed by atoms with van der Waals surface area (Å²) in [7, 11) is 0. The molecule has 0 aliphatic carbocycles. The average molecular weight is 433 g/mol. The van der Waals surface area contributed by atoms with E-state index in [2.05, 4.69) is 59.7 Å². The Hall–Kier alpha value is -4.38. The molecule has 2 aromatic heterocycles. The molecule has 162 valence electrons. The molecule has 5 nitrogen and oxygen atoms in total. The third-order valence-corrected chi connectivity index (χ3v) is 5.68. The Morgan fingerprint density at radius 2 is 1.76 bits per heavy atom. The van der Waals surface area contributed by atoms with Gasteiger partial charge in [-0.2, -0.15) is 0 Å². The normalized spacial score (nSPS) is 11.4. The van der Waals surface area contributed by atoms with Gasteiger partial charge in [-0.3, -0.25) is 4.79 Å². The van der Waals surface area contributed by atoms with E-state index < -0.39 is 0 Å². The van der Waals surface area contributed by atoms with Crippen LogP contribution in [0.1, 0.15) is 16.8 Å². The highest BCUT2D eigenvalue weighted by molar-refractivity contribution is 6.11. The summed E-state index contributed by atoms with van der Waals surface area (Å²) in [5, 5.41) is 5.18. The van der Waals surface area contributed by atoms with E-state index in [9.17, 15) is 4.79 Å². The number of aryl methyl sites for hydroxylation is 1. The summed E-state index contributed by atoms with van der Waals surface area (Å²) in [6.07, 6.45) is 3.29. The smallest absolute Gasteiger partial charge is 0.244 e. The highest BCUT2D eigenvalue weighted by Crippen LogP contribution is 2.32. The lowest BCUT2D eigenvalue weighted by atomic mass is 10.1. The van der Waals surface area contributed by atoms with Gasteiger partial charge < -0.3 is 16.0 Å². The van der Waals surface area contributed by atoms with Crippen molar-refractivity contribution in [1.82, 2.24) is 15.3 Å². The molecule has 4 N–H and O–H groups in total. The Bertz CT molecular complexity index is 1480. The summed E-state index contributed by atoms with van der Waals surface area (Å²) in [6.45, 7) is 2.40. The summed E-state index contributed by atoms with van der Waals surface area (Å²) in [5.74, 6) is -0.176. The number of amides is 1. The predicted molar refractivity (Wildman–Crippen MR) is 136 cm³/mol. The lowest BCUT2D eigenvalue weighted by Gasteiger charge is -2.08. The summed E-state index contributed by atoms with van der Waals surface area (Å²) < 4.78 is 0. The molecule has 0 radical (unpaired) electrons. The number of pyridine rings is 1. The molecule has 0 spiro atoms. The maximum Gasteiger partial charge on any atom is 0.244 e. The highest BCUT2D eigenvalue weighted by Gasteiger charge is 2.13. The number of hydrogen-bond acceptors (Lipinski definition) is 3. The van der Waals surface area contributed by atoms with Gasteiger partial charge in [-0.15, -0.1) is 0 Å². The number of rotatable bonds is 5. The first-order valence-electron chi connectivity index (χ1n) is 10.9. The maximum atomic E-state index is 12.4. The minimum absolute atomic E-state index is 0.176. The standard InChI is InChI=1S/C28H24N4O/c1-18-6-11-20(12-7-18)27-28-24(23-4-2-3-5-25(23)32-28)16-22(31-27)17-30-26(33)15-10-19-8-13-21(29)14-9-19/h2-16,32H,17,29H2,1H3,(H,30,33)/b15-10+. The number of aromatic nitrogens is 2. The van der Waals surface area contributed by atoms with Gasteiger partial charge in [-0.25, -0.2) is 4.98 Å². The predicted octanol–water partition coefficient (Wildman–Crippen LogP) is 5.60. The van der Waals surface area contributed by atoms with Crippen LogP contribution in [0.4, 0.5) is 5.69 Å². The zero-order valence-electron chi connectivity index (χ0n) is 18.3. The zero-order valence-corrected chi connectivity index (χ0v) is 18.3. The van der Waals surface area contributed by atoms with Crippen molar-refractivity contribution in [1.29, 1.82) is 0 Å². The molecule has 0 unspecified atom stereocenters. The number of carbonyl (C=O) groups is 1. The van der Waals surface area contributed by atoms with Crippen LogP contribution in [0.15, 0.2) is 84.9 Å². The molecule has 5 rings (SSSR count). The molecule has 0 fully saturated rings. The van der Waals surface area contributed by atoms with E-state index in [1.54, 1.807) is 6.08 Å². The van der Waals surface area contributed by atoms with Crippen LogP contribution in [-0.4, -0.2) is 15.9 Å². The van der Waals surface area contributed by atoms with Crippen LogP contribution in [-0.2, 0) is 11.3 Å². The molecule has 1 amide bonds. The number of benzene rings is 3. The third-order valence-electron chi connectivity index (χ3n) is 5.68. The number of nitrogen functional groups attached to an aromatic ring is 1. The van der Waals surface area contributed by atoms with Gasteiger partial charge in [0, 0.05) is 33.6 Å². The molecule has 0 atom stereocenters. The maximum absolute atomic E-state index is 12.4. The Kier molecular flexibility index (Phi) is 5.37. The van der Waals surface area contributed by atoms with Crippen LogP contribution in [0, 0.1) is 6.92 Å². The highest BCUT2D eigenvalue weighted by atomic mass is 16.1. The molecule has 5 heteroatoms. The van der Waals surface area contributed by atoms with Crippen molar-refractivity contribution < 1.29 is 4.79 Å². The number of carbonyl (C=O) groups excluding carboxylic acids is 1. The second kappa shape index (κ2) is 8.63. The average Bonchev–Trinajstić information content (AvgIpc) is 3.21. The molecule has 0 aliphatic rings. The van der Waals surface area contributed by atoms with Crippen molar-refractivity contribution in [3.63, 3.8) is 0 Å². The first kappa shape index (κ1) is 20.5. The van der Waals surface area contributed by atoms with Gasteiger partial charge in [0.2, 0.25) is 5.91 Å². The Morgan fingerprint density at radius 1 is 1.00 bits per heavy atom. The molecule has 0 bridgehead atoms. The van der Waals surface area contributed by atoms with E-state index in [0.717, 1.165) is 44.3 Å². The van der Waals surface area contributed by atoms with Gasteiger partial charge >= 0.3 is 0 Å². The van der Waals surface area contributed by atoms with Crippen LogP contribution >= 0.6 is 0 Å². The van der Waals surface area contributed by atoms with E-state index in [1.165, 1.54) is 11.6 Å². The second-order valence-electron chi connectivity index (χ2n) is 8.14. The molecule has 0 saturated carbocycles. The van der Waals surface area contributed by atoms with E-state index in [4.69, 9.17) is 10.7 Å². The number of nitrogens with one attached hydrogen (secondary N) is 2. The molecular weight excluding hydrogens is 408 g/mol. The fourth-order valence-corrected chi connectivity index (χ4v) is 3.93. The lowest BCUT2D eigenvalue weighted by Crippen LogP contribution is -2.21. The molecule has 5 aromatic rings. The third kappa shape index (κ3) is 4.34. The van der Waals surface area contributed by atoms with Crippen LogP contribution in [0.3, 0.4) is 0 Å². The Labute approximate surface area is 192 Å². The zero-order chi connectivity index (χ0) is 22.8. The number of fused-ring (bicyclic) bond motifs is 3. The molecule has 0 aliphatic heterocycles. The van der Waals surface area contributed by atoms with Crippen molar-refractivity contribution in [3.05, 3.63) is 102 Å². The van der Waals surface area contributed by atoms with E-state index in [-0.39, 0.29) is 5.91 Å². The second-order valence-corrected chi connectivity index (χ2v) is 8.14. The summed E-state index contributed by atoms with van der Waals surface area (Å²) >= 11 is 0. The van der Waals surface area contributed by atoms with E-state index in [0.29, 0.717) is 12.2 Å². The Morgan fingerprint density at radius 3 is 2.55 bits per heavy atom. The van der Waals surface area contributed by atoms with Crippen molar-refractivity contribution in [2.24, 2.45) is 0 Å². The number of nitrogens with zero attached hydrogens (tertiary/aromatic N) is 1. The number of aromatic amines is 1. The molecule has 33 heavy (non-hydrogen) atoms. The van der Waals surface area contributed by atoms with Crippen LogP contribution in [0.2, 0.25) is 0 Å². The van der Waals surface area contributed by atoms with Crippen molar-refractivity contribution in [2.75, 3.05) is 5.73 Å². The topological polar surface area (TPSA) is 83.8 Å². The largest absolute Gasteiger partial charge is 0.399 e. The quantitative estimate of drug-likeness (QED) is 0.250. The van der Waals surface area contributed by atoms with Gasteiger partial charge in [0.25, 0.3) is 0 Å². The fraction of sp³-hybridized carbons (Fsp3) is 0.0714. The molecule has 3 aromatic carbocycles. The van der Waals surface area contributed by atoms with Crippen LogP contribution in [0.25, 0.3) is 39.1 Å². The van der Waals surface area contributed by atoms with Gasteiger partial charge in [0.1, 0.15) is 0 Å². The van der Waals surface area contributed by atoms with Crippen molar-refractivity contribution in [3.8, 4) is 11.3 Å². The van der Waals surface area contributed by atoms with E-state index >= 15 is 0 Å². The van der Waals surface area contributed by atoms with Gasteiger partial charge in [0.05, 0.1) is 23.4 Å². The number of nitrogens with two attached hydrogens (primary N) is 1. The summed E-state index contributed by atoms with van der Waals surface area (Å²) in [5.41, 5.74) is 13.3. The molecule has 0 saturated heterocycles. The van der Waals surface area contributed by atoms with Crippen LogP contribution in [0.5, 0.6) is 0 Å². The minimum Gasteiger partial charge on any atom is -0.399 e. The van der Waals surface area contributed by atoms with Crippen LogP contribution < -0.4 is 11.1 Å². The lowest BCUT2D eigenvalue weighted by molar-refractivity contribution is -0.116. The summed E-state index contributed by atoms with van der Waals surface area (Å²) in [6, 6.07) is 26.0. The number of H-pyrrole nitrogens is 1. The molecular formula is C28H24N4O. The summed E-state index contributed by atoms with van der Waals surface area (Å²) in [4.78, 5) is 20.9. The number of anilines is 1. The monoisotopic (exact) mass is 432 g/mol. The van der Waals surface area contributed by atoms with Gasteiger partial charge in [0.15, 0.2) is 0 Å². The fourth-order valence-electron chi connectivity index (χ4n) is 3.93. The molecule has 2 heterocycles. The first-order valence-corrected chi connectivity index (χ1v) is 10.9. The van der Waals surface area contributed by atoms with Crippen molar-refractivity contribution in [2.45, 2.75) is 13.5 Å². The van der Waals surface area contributed by atoms with Gasteiger partial charge in [-0.1, -0.05) is 60.2 Å². The van der Waals surface area contributed by atoms with Crippen molar-refractivity contribution >= 4 is 39.5 Å². The van der Waals surface area contributed by atoms with E-state index in [1.807, 2.05) is 36.4 Å². The number of para-hydroxylation sites is 1. The van der Waals surface area contributed by atoms with Gasteiger partial charge in [-0.05, 0) is 42.8 Å². The SMILES string of the molecule is Cc1ccc(-c2nc(CNC(=O)/C=C/c3ccc(N)cc3)cc3c2[nH]c2ccccc23)cc1. The number of hydrogen-bond donors (Lipinski definition) is 3.